The first kappa shape index (κ1) is 16.4. The third-order valence-electron chi connectivity index (χ3n) is 4.92. The third kappa shape index (κ3) is 2.75. The number of carbonyl (C=O) groups excluding carboxylic acids is 1. The molecule has 4 nitrogen and oxygen atoms in total. The minimum Gasteiger partial charge on any atom is -0.497 e. The van der Waals surface area contributed by atoms with Crippen molar-refractivity contribution in [3.63, 3.8) is 0 Å². The van der Waals surface area contributed by atoms with Gasteiger partial charge in [-0.05, 0) is 36.5 Å². The van der Waals surface area contributed by atoms with Crippen LogP contribution in [0.3, 0.4) is 0 Å². The number of aliphatic imine (C=N–C) groups is 1. The van der Waals surface area contributed by atoms with Crippen LogP contribution in [0.25, 0.3) is 0 Å². The molecular formula is C20H22N2O2. The van der Waals surface area contributed by atoms with Gasteiger partial charge in [0.1, 0.15) is 5.75 Å². The van der Waals surface area contributed by atoms with Crippen molar-refractivity contribution in [3.05, 3.63) is 41.1 Å². The summed E-state index contributed by atoms with van der Waals surface area (Å²) in [4.78, 5) is 17.5. The van der Waals surface area contributed by atoms with Crippen LogP contribution in [0, 0.1) is 22.7 Å². The molecule has 0 aromatic heterocycles. The molecule has 24 heavy (non-hydrogen) atoms. The fourth-order valence-corrected chi connectivity index (χ4v) is 3.78. The van der Waals surface area contributed by atoms with Crippen molar-refractivity contribution in [2.75, 3.05) is 7.11 Å². The number of carbonyl (C=O) groups is 1. The number of nitriles is 1. The molecule has 2 unspecified atom stereocenters. The van der Waals surface area contributed by atoms with E-state index in [0.29, 0.717) is 6.42 Å². The van der Waals surface area contributed by atoms with E-state index in [0.717, 1.165) is 34.7 Å². The molecule has 1 aliphatic carbocycles. The Balaban J connectivity index is 2.13. The molecule has 2 aliphatic rings. The highest BCUT2D eigenvalue weighted by Crippen LogP contribution is 2.47. The number of ketones is 1. The topological polar surface area (TPSA) is 62.4 Å². The number of hydrogen-bond donors (Lipinski definition) is 0. The van der Waals surface area contributed by atoms with E-state index in [-0.39, 0.29) is 17.1 Å². The van der Waals surface area contributed by atoms with Crippen LogP contribution in [-0.4, -0.2) is 18.6 Å². The summed E-state index contributed by atoms with van der Waals surface area (Å²) in [5.74, 6) is 0.247. The number of Topliss-reactive ketones (excluding diaryl/α,β-unsaturated/α-hetero) is 1. The lowest BCUT2D eigenvalue weighted by Gasteiger charge is -2.37. The molecular weight excluding hydrogens is 300 g/mol. The van der Waals surface area contributed by atoms with E-state index in [9.17, 15) is 10.1 Å². The summed E-state index contributed by atoms with van der Waals surface area (Å²) in [5, 5.41) is 9.68. The molecule has 1 aromatic rings. The molecule has 4 heteroatoms. The van der Waals surface area contributed by atoms with Crippen LogP contribution in [0.1, 0.15) is 45.1 Å². The second-order valence-corrected chi connectivity index (χ2v) is 7.41. The number of allylic oxidation sites excluding steroid dienone is 2. The van der Waals surface area contributed by atoms with Crippen molar-refractivity contribution < 1.29 is 9.53 Å². The zero-order valence-corrected chi connectivity index (χ0v) is 14.6. The van der Waals surface area contributed by atoms with Crippen LogP contribution in [0.2, 0.25) is 0 Å². The van der Waals surface area contributed by atoms with Gasteiger partial charge in [-0.2, -0.15) is 5.26 Å². The fraction of sp³-hybridized carbons (Fsp3) is 0.450. The molecule has 0 radical (unpaired) electrons. The standard InChI is InChI=1S/C20H22N2O2/c1-12-15(11-21)18(13-5-7-14(24-4)8-6-13)19-16(22-12)9-20(2,3)10-17(19)23/h5-8,15,18H,9-10H2,1-4H3. The van der Waals surface area contributed by atoms with Crippen LogP contribution >= 0.6 is 0 Å². The van der Waals surface area contributed by atoms with Gasteiger partial charge in [0.15, 0.2) is 5.78 Å². The molecule has 0 N–H and O–H groups in total. The smallest absolute Gasteiger partial charge is 0.161 e. The van der Waals surface area contributed by atoms with Crippen molar-refractivity contribution in [1.29, 1.82) is 5.26 Å². The number of benzene rings is 1. The summed E-state index contributed by atoms with van der Waals surface area (Å²) in [7, 11) is 1.62. The Labute approximate surface area is 142 Å². The number of ether oxygens (including phenoxy) is 1. The zero-order chi connectivity index (χ0) is 17.5. The minimum atomic E-state index is -0.401. The Kier molecular flexibility index (Phi) is 4.04. The molecule has 0 fully saturated rings. The highest BCUT2D eigenvalue weighted by Gasteiger charge is 2.43. The van der Waals surface area contributed by atoms with Gasteiger partial charge in [0.25, 0.3) is 0 Å². The van der Waals surface area contributed by atoms with Gasteiger partial charge in [0.05, 0.1) is 19.1 Å². The first-order valence-corrected chi connectivity index (χ1v) is 8.21. The van der Waals surface area contributed by atoms with Gasteiger partial charge in [-0.1, -0.05) is 26.0 Å². The molecule has 0 amide bonds. The van der Waals surface area contributed by atoms with E-state index in [1.165, 1.54) is 0 Å². The summed E-state index contributed by atoms with van der Waals surface area (Å²) in [6.07, 6.45) is 1.28. The van der Waals surface area contributed by atoms with Crippen molar-refractivity contribution in [2.45, 2.75) is 39.5 Å². The monoisotopic (exact) mass is 322 g/mol. The normalized spacial score (nSPS) is 25.6. The molecule has 0 saturated carbocycles. The fourth-order valence-electron chi connectivity index (χ4n) is 3.78. The van der Waals surface area contributed by atoms with Gasteiger partial charge in [-0.25, -0.2) is 0 Å². The van der Waals surface area contributed by atoms with Crippen molar-refractivity contribution in [3.8, 4) is 11.8 Å². The van der Waals surface area contributed by atoms with Gasteiger partial charge in [-0.3, -0.25) is 9.79 Å². The van der Waals surface area contributed by atoms with E-state index in [2.05, 4.69) is 24.9 Å². The van der Waals surface area contributed by atoms with E-state index < -0.39 is 5.92 Å². The summed E-state index contributed by atoms with van der Waals surface area (Å²) in [6, 6.07) is 10.0. The summed E-state index contributed by atoms with van der Waals surface area (Å²) in [6.45, 7) is 6.08. The van der Waals surface area contributed by atoms with E-state index in [4.69, 9.17) is 4.74 Å². The van der Waals surface area contributed by atoms with Gasteiger partial charge in [0, 0.05) is 29.3 Å². The van der Waals surface area contributed by atoms with Crippen LogP contribution in [0.4, 0.5) is 0 Å². The summed E-state index contributed by atoms with van der Waals surface area (Å²) >= 11 is 0. The van der Waals surface area contributed by atoms with Crippen molar-refractivity contribution in [2.24, 2.45) is 16.3 Å². The number of nitrogens with zero attached hydrogens (tertiary/aromatic N) is 2. The molecule has 3 rings (SSSR count). The van der Waals surface area contributed by atoms with Crippen molar-refractivity contribution >= 4 is 11.5 Å². The lowest BCUT2D eigenvalue weighted by Crippen LogP contribution is -2.35. The average molecular weight is 322 g/mol. The van der Waals surface area contributed by atoms with Crippen LogP contribution in [-0.2, 0) is 4.79 Å². The van der Waals surface area contributed by atoms with Gasteiger partial charge < -0.3 is 4.74 Å². The lowest BCUT2D eigenvalue weighted by atomic mass is 9.67. The Hall–Kier alpha value is -2.41. The van der Waals surface area contributed by atoms with E-state index in [1.54, 1.807) is 7.11 Å². The molecule has 0 bridgehead atoms. The second kappa shape index (κ2) is 5.90. The predicted molar refractivity (Wildman–Crippen MR) is 93.0 cm³/mol. The first-order valence-electron chi connectivity index (χ1n) is 8.21. The molecule has 2 atom stereocenters. The van der Waals surface area contributed by atoms with E-state index in [1.807, 2.05) is 31.2 Å². The largest absolute Gasteiger partial charge is 0.497 e. The predicted octanol–water partition coefficient (Wildman–Crippen LogP) is 4.04. The van der Waals surface area contributed by atoms with Crippen molar-refractivity contribution in [1.82, 2.24) is 0 Å². The van der Waals surface area contributed by atoms with Crippen LogP contribution < -0.4 is 4.74 Å². The van der Waals surface area contributed by atoms with Gasteiger partial charge in [0.2, 0.25) is 0 Å². The molecule has 0 spiro atoms. The quantitative estimate of drug-likeness (QED) is 0.825. The Morgan fingerprint density at radius 2 is 1.92 bits per heavy atom. The third-order valence-corrected chi connectivity index (χ3v) is 4.92. The number of hydrogen-bond acceptors (Lipinski definition) is 4. The molecule has 1 heterocycles. The van der Waals surface area contributed by atoms with Crippen LogP contribution in [0.5, 0.6) is 5.75 Å². The molecule has 124 valence electrons. The Bertz CT molecular complexity index is 779. The minimum absolute atomic E-state index is 0.0797. The highest BCUT2D eigenvalue weighted by atomic mass is 16.5. The maximum absolute atomic E-state index is 12.9. The lowest BCUT2D eigenvalue weighted by molar-refractivity contribution is -0.118. The Morgan fingerprint density at radius 1 is 1.25 bits per heavy atom. The SMILES string of the molecule is COc1ccc(C2C3=C(CC(C)(C)CC3=O)N=C(C)C2C#N)cc1. The zero-order valence-electron chi connectivity index (χ0n) is 14.6. The molecule has 1 aliphatic heterocycles. The van der Waals surface area contributed by atoms with Gasteiger partial charge in [-0.15, -0.1) is 0 Å². The van der Waals surface area contributed by atoms with E-state index >= 15 is 0 Å². The van der Waals surface area contributed by atoms with Gasteiger partial charge >= 0.3 is 0 Å². The summed E-state index contributed by atoms with van der Waals surface area (Å²) < 4.78 is 5.22. The summed E-state index contributed by atoms with van der Waals surface area (Å²) in [5.41, 5.74) is 3.28. The highest BCUT2D eigenvalue weighted by molar-refractivity contribution is 6.03. The maximum Gasteiger partial charge on any atom is 0.161 e. The molecule has 1 aromatic carbocycles. The first-order chi connectivity index (χ1) is 11.4. The number of rotatable bonds is 2. The average Bonchev–Trinajstić information content (AvgIpc) is 2.52. The Morgan fingerprint density at radius 3 is 2.50 bits per heavy atom. The number of methoxy groups -OCH3 is 1. The second-order valence-electron chi connectivity index (χ2n) is 7.41. The maximum atomic E-state index is 12.9. The molecule has 0 saturated heterocycles. The van der Waals surface area contributed by atoms with Crippen LogP contribution in [0.15, 0.2) is 40.5 Å².